The monoisotopic (exact) mass is 397 g/mol. The van der Waals surface area contributed by atoms with Gasteiger partial charge >= 0.3 is 0 Å². The van der Waals surface area contributed by atoms with Gasteiger partial charge in [0.15, 0.2) is 11.6 Å². The van der Waals surface area contributed by atoms with E-state index in [9.17, 15) is 4.39 Å². The van der Waals surface area contributed by atoms with Crippen LogP contribution in [0.2, 0.25) is 0 Å². The van der Waals surface area contributed by atoms with E-state index in [0.29, 0.717) is 19.7 Å². The molecule has 0 aromatic heterocycles. The minimum Gasteiger partial charge on any atom is -0.497 e. The van der Waals surface area contributed by atoms with Crippen molar-refractivity contribution < 1.29 is 13.9 Å². The summed E-state index contributed by atoms with van der Waals surface area (Å²) in [5.41, 5.74) is 0.571. The first kappa shape index (κ1) is 20.7. The van der Waals surface area contributed by atoms with E-state index in [1.807, 2.05) is 24.3 Å². The molecule has 3 rings (SSSR count). The molecular weight excluding hydrogens is 369 g/mol. The molecule has 0 spiro atoms. The van der Waals surface area contributed by atoms with Crippen molar-refractivity contribution in [1.29, 1.82) is 0 Å². The second-order valence-electron chi connectivity index (χ2n) is 7.57. The van der Waals surface area contributed by atoms with Crippen LogP contribution < -0.4 is 10.6 Å². The fraction of sp³-hybridized carbons (Fsp3) is 0.348. The van der Waals surface area contributed by atoms with E-state index in [1.165, 1.54) is 12.1 Å². The van der Waals surface area contributed by atoms with Crippen molar-refractivity contribution in [3.05, 3.63) is 78.1 Å². The minimum absolute atomic E-state index is 0.0828. The van der Waals surface area contributed by atoms with Crippen LogP contribution in [0.3, 0.4) is 0 Å². The van der Waals surface area contributed by atoms with Crippen LogP contribution in [0.5, 0.6) is 0 Å². The van der Waals surface area contributed by atoms with Gasteiger partial charge in [0.25, 0.3) is 0 Å². The molecule has 6 heteroatoms. The Morgan fingerprint density at radius 2 is 2.07 bits per heavy atom. The summed E-state index contributed by atoms with van der Waals surface area (Å²) in [7, 11) is 1.66. The highest BCUT2D eigenvalue weighted by molar-refractivity contribution is 5.97. The van der Waals surface area contributed by atoms with Gasteiger partial charge in [0.1, 0.15) is 18.2 Å². The zero-order valence-corrected chi connectivity index (χ0v) is 17.1. The number of nitrogens with one attached hydrogen (secondary N) is 2. The van der Waals surface area contributed by atoms with Gasteiger partial charge in [-0.15, -0.1) is 0 Å². The number of amidine groups is 1. The molecule has 1 aromatic rings. The number of allylic oxidation sites excluding steroid dienone is 6. The normalized spacial score (nSPS) is 20.4. The van der Waals surface area contributed by atoms with Crippen molar-refractivity contribution in [3.8, 4) is 0 Å². The lowest BCUT2D eigenvalue weighted by atomic mass is 10.0. The summed E-state index contributed by atoms with van der Waals surface area (Å²) in [5, 5.41) is 6.82. The number of ether oxygens (including phenoxy) is 2. The smallest absolute Gasteiger partial charge is 0.164 e. The molecule has 154 valence electrons. The number of nitrogens with zero attached hydrogens (tertiary/aromatic N) is 1. The molecule has 0 bridgehead atoms. The lowest BCUT2D eigenvalue weighted by molar-refractivity contribution is 0.225. The van der Waals surface area contributed by atoms with Crippen LogP contribution in [0.4, 0.5) is 10.1 Å². The molecule has 0 saturated carbocycles. The highest BCUT2D eigenvalue weighted by Crippen LogP contribution is 2.18. The topological polar surface area (TPSA) is 54.9 Å². The Labute approximate surface area is 171 Å². The Balaban J connectivity index is 1.66. The molecule has 2 aliphatic rings. The van der Waals surface area contributed by atoms with Gasteiger partial charge in [-0.25, -0.2) is 4.39 Å². The van der Waals surface area contributed by atoms with Crippen LogP contribution in [-0.2, 0) is 9.47 Å². The molecule has 0 radical (unpaired) electrons. The summed E-state index contributed by atoms with van der Waals surface area (Å²) >= 11 is 0. The van der Waals surface area contributed by atoms with Gasteiger partial charge in [0, 0.05) is 18.2 Å². The molecule has 1 aliphatic heterocycles. The molecular formula is C23H28FN3O2. The Bertz CT molecular complexity index is 851. The Hall–Kier alpha value is -3.02. The number of hydrogen-bond donors (Lipinski definition) is 2. The first-order valence-corrected chi connectivity index (χ1v) is 9.73. The summed E-state index contributed by atoms with van der Waals surface area (Å²) in [5.74, 6) is 2.14. The maximum absolute atomic E-state index is 13.1. The third-order valence-electron chi connectivity index (χ3n) is 4.54. The van der Waals surface area contributed by atoms with Crippen LogP contribution in [-0.4, -0.2) is 38.2 Å². The number of anilines is 1. The van der Waals surface area contributed by atoms with Gasteiger partial charge in [-0.05, 0) is 56.3 Å². The van der Waals surface area contributed by atoms with Crippen molar-refractivity contribution in [1.82, 2.24) is 5.32 Å². The van der Waals surface area contributed by atoms with Gasteiger partial charge in [-0.3, -0.25) is 4.99 Å². The van der Waals surface area contributed by atoms with Crippen molar-refractivity contribution in [2.24, 2.45) is 10.9 Å². The minimum atomic E-state index is -0.299. The molecule has 1 aliphatic carbocycles. The van der Waals surface area contributed by atoms with Crippen LogP contribution >= 0.6 is 0 Å². The first-order chi connectivity index (χ1) is 13.9. The Morgan fingerprint density at radius 1 is 1.28 bits per heavy atom. The van der Waals surface area contributed by atoms with Crippen molar-refractivity contribution in [2.75, 3.05) is 32.1 Å². The highest BCUT2D eigenvalue weighted by Gasteiger charge is 2.24. The van der Waals surface area contributed by atoms with E-state index in [2.05, 4.69) is 41.6 Å². The number of methoxy groups -OCH3 is 1. The molecule has 29 heavy (non-hydrogen) atoms. The summed E-state index contributed by atoms with van der Waals surface area (Å²) in [6.45, 7) is 5.98. The number of benzene rings is 1. The number of hydrogen-bond acceptors (Lipinski definition) is 5. The lowest BCUT2D eigenvalue weighted by Crippen LogP contribution is -2.50. The summed E-state index contributed by atoms with van der Waals surface area (Å²) in [6, 6.07) is 6.34. The molecule has 1 unspecified atom stereocenters. The van der Waals surface area contributed by atoms with E-state index < -0.39 is 0 Å². The van der Waals surface area contributed by atoms with Crippen molar-refractivity contribution >= 4 is 11.5 Å². The van der Waals surface area contributed by atoms with E-state index >= 15 is 0 Å². The second-order valence-corrected chi connectivity index (χ2v) is 7.57. The summed E-state index contributed by atoms with van der Waals surface area (Å²) in [4.78, 5) is 4.63. The van der Waals surface area contributed by atoms with E-state index in [-0.39, 0.29) is 17.3 Å². The first-order valence-electron chi connectivity index (χ1n) is 9.73. The molecule has 1 aromatic carbocycles. The highest BCUT2D eigenvalue weighted by atomic mass is 19.1. The maximum atomic E-state index is 13.1. The quantitative estimate of drug-likeness (QED) is 0.756. The van der Waals surface area contributed by atoms with Crippen LogP contribution in [0.1, 0.15) is 13.8 Å². The van der Waals surface area contributed by atoms with Gasteiger partial charge < -0.3 is 20.1 Å². The summed E-state index contributed by atoms with van der Waals surface area (Å²) < 4.78 is 24.2. The number of aliphatic imine (C=N–C) groups is 1. The van der Waals surface area contributed by atoms with E-state index in [1.54, 1.807) is 19.2 Å². The molecule has 2 N–H and O–H groups in total. The maximum Gasteiger partial charge on any atom is 0.164 e. The molecule has 0 saturated heterocycles. The summed E-state index contributed by atoms with van der Waals surface area (Å²) in [6.07, 6.45) is 12.0. The van der Waals surface area contributed by atoms with E-state index in [4.69, 9.17) is 9.47 Å². The third-order valence-corrected chi connectivity index (χ3v) is 4.54. The third kappa shape index (κ3) is 6.24. The Kier molecular flexibility index (Phi) is 6.75. The predicted molar refractivity (Wildman–Crippen MR) is 115 cm³/mol. The van der Waals surface area contributed by atoms with Crippen molar-refractivity contribution in [3.63, 3.8) is 0 Å². The largest absolute Gasteiger partial charge is 0.497 e. The molecule has 0 amide bonds. The van der Waals surface area contributed by atoms with Crippen LogP contribution in [0, 0.1) is 11.7 Å². The fourth-order valence-corrected chi connectivity index (χ4v) is 2.97. The van der Waals surface area contributed by atoms with Gasteiger partial charge in [-0.2, -0.15) is 0 Å². The van der Waals surface area contributed by atoms with Gasteiger partial charge in [-0.1, -0.05) is 18.2 Å². The predicted octanol–water partition coefficient (Wildman–Crippen LogP) is 4.19. The lowest BCUT2D eigenvalue weighted by Gasteiger charge is -2.31. The number of halogens is 1. The van der Waals surface area contributed by atoms with Crippen LogP contribution in [0.25, 0.3) is 0 Å². The van der Waals surface area contributed by atoms with Crippen LogP contribution in [0.15, 0.2) is 77.2 Å². The standard InChI is InChI=1S/C23H28FN3O2/c1-23(2,16-26-19-10-8-18(24)9-11-19)27-22-21(29-14-13-25-22)15-17-5-4-6-20(28-3)12-7-17/h4-12,15,17,26H,13-14,16H2,1-3H3,(H,25,27)/b21-15-. The molecule has 1 atom stereocenters. The zero-order valence-electron chi connectivity index (χ0n) is 17.1. The molecule has 5 nitrogen and oxygen atoms in total. The second kappa shape index (κ2) is 9.45. The van der Waals surface area contributed by atoms with Crippen molar-refractivity contribution in [2.45, 2.75) is 19.4 Å². The average molecular weight is 397 g/mol. The zero-order chi connectivity index (χ0) is 20.7. The molecule has 0 fully saturated rings. The molecule has 1 heterocycles. The van der Waals surface area contributed by atoms with Gasteiger partial charge in [0.05, 0.1) is 19.2 Å². The fourth-order valence-electron chi connectivity index (χ4n) is 2.97. The van der Waals surface area contributed by atoms with Gasteiger partial charge in [0.2, 0.25) is 0 Å². The Morgan fingerprint density at radius 3 is 2.83 bits per heavy atom. The SMILES string of the molecule is COC1=CC=CC(/C=C2\OCCN=C2NC(C)(C)CNc2ccc(F)cc2)C=C1. The number of rotatable bonds is 6. The average Bonchev–Trinajstić information content (AvgIpc) is 2.94. The van der Waals surface area contributed by atoms with E-state index in [0.717, 1.165) is 23.0 Å².